The van der Waals surface area contributed by atoms with E-state index in [2.05, 4.69) is 13.8 Å². The largest absolute Gasteiger partial charge is 0.381 e. The van der Waals surface area contributed by atoms with E-state index in [-0.39, 0.29) is 6.15 Å². The van der Waals surface area contributed by atoms with Gasteiger partial charge in [-0.1, -0.05) is 78.1 Å². The Bertz CT molecular complexity index is 114. The number of hydrogen-bond acceptors (Lipinski definition) is 2. The van der Waals surface area contributed by atoms with Crippen LogP contribution in [0.5, 0.6) is 0 Å². The molecule has 0 atom stereocenters. The molecule has 2 nitrogen and oxygen atoms in total. The molecule has 0 unspecified atom stereocenters. The molecule has 2 heteroatoms. The number of hydrogen-bond donors (Lipinski definition) is 1. The molecule has 0 saturated heterocycles. The summed E-state index contributed by atoms with van der Waals surface area (Å²) in [5, 5.41) is 0. The summed E-state index contributed by atoms with van der Waals surface area (Å²) in [5.41, 5.74) is 0. The normalized spacial score (nSPS) is 10.3. The maximum absolute atomic E-state index is 5.47. The molecule has 18 heavy (non-hydrogen) atoms. The van der Waals surface area contributed by atoms with Crippen LogP contribution < -0.4 is 6.15 Å². The number of rotatable bonds is 14. The van der Waals surface area contributed by atoms with E-state index >= 15 is 0 Å². The lowest BCUT2D eigenvalue weighted by atomic mass is 10.1. The van der Waals surface area contributed by atoms with Crippen molar-refractivity contribution in [3.8, 4) is 0 Å². The Kier molecular flexibility index (Phi) is 21.7. The van der Waals surface area contributed by atoms with Crippen molar-refractivity contribution in [2.75, 3.05) is 13.2 Å². The average Bonchev–Trinajstić information content (AvgIpc) is 2.35. The highest BCUT2D eigenvalue weighted by molar-refractivity contribution is 4.47. The van der Waals surface area contributed by atoms with Crippen LogP contribution in [0.2, 0.25) is 0 Å². The van der Waals surface area contributed by atoms with Gasteiger partial charge < -0.3 is 10.9 Å². The summed E-state index contributed by atoms with van der Waals surface area (Å²) >= 11 is 0. The molecular weight excluding hydrogens is 222 g/mol. The number of unbranched alkanes of at least 4 members (excludes halogenated alkanes) is 10. The summed E-state index contributed by atoms with van der Waals surface area (Å²) in [5.74, 6) is 0. The topological polar surface area (TPSA) is 44.2 Å². The van der Waals surface area contributed by atoms with Crippen LogP contribution in [0.25, 0.3) is 0 Å². The van der Waals surface area contributed by atoms with E-state index in [4.69, 9.17) is 4.74 Å². The lowest BCUT2D eigenvalue weighted by Crippen LogP contribution is -1.95. The van der Waals surface area contributed by atoms with Gasteiger partial charge in [0.15, 0.2) is 0 Å². The van der Waals surface area contributed by atoms with Crippen LogP contribution >= 0.6 is 0 Å². The van der Waals surface area contributed by atoms with Crippen LogP contribution in [0.15, 0.2) is 0 Å². The van der Waals surface area contributed by atoms with Crippen molar-refractivity contribution >= 4 is 0 Å². The second-order valence-corrected chi connectivity index (χ2v) is 5.15. The van der Waals surface area contributed by atoms with Crippen LogP contribution in [0.3, 0.4) is 0 Å². The van der Waals surface area contributed by atoms with Gasteiger partial charge in [0.2, 0.25) is 0 Å². The maximum Gasteiger partial charge on any atom is 0.0466 e. The predicted molar refractivity (Wildman–Crippen MR) is 82.6 cm³/mol. The molecule has 0 fully saturated rings. The Labute approximate surface area is 115 Å². The highest BCUT2D eigenvalue weighted by Crippen LogP contribution is 2.11. The van der Waals surface area contributed by atoms with Gasteiger partial charge in [0.05, 0.1) is 0 Å². The second kappa shape index (κ2) is 19.3. The lowest BCUT2D eigenvalue weighted by Gasteiger charge is -2.03. The average molecular weight is 259 g/mol. The molecule has 0 rings (SSSR count). The molecule has 0 aromatic rings. The van der Waals surface area contributed by atoms with Gasteiger partial charge in [-0.2, -0.15) is 0 Å². The van der Waals surface area contributed by atoms with Crippen LogP contribution in [-0.4, -0.2) is 13.2 Å². The first kappa shape index (κ1) is 20.2. The summed E-state index contributed by atoms with van der Waals surface area (Å²) < 4.78 is 5.47. The first-order chi connectivity index (χ1) is 8.41. The Balaban J connectivity index is 0. The molecule has 0 saturated carbocycles. The van der Waals surface area contributed by atoms with Crippen molar-refractivity contribution in [2.24, 2.45) is 0 Å². The molecule has 0 aromatic heterocycles. The van der Waals surface area contributed by atoms with Gasteiger partial charge in [0.1, 0.15) is 0 Å². The van der Waals surface area contributed by atoms with Gasteiger partial charge in [-0.25, -0.2) is 0 Å². The highest BCUT2D eigenvalue weighted by atomic mass is 16.5. The molecule has 0 spiro atoms. The first-order valence-electron chi connectivity index (χ1n) is 7.99. The summed E-state index contributed by atoms with van der Waals surface area (Å²) in [7, 11) is 0. The molecule has 0 bridgehead atoms. The SMILES string of the molecule is CCCCCCCCCCCCCOCCC.N. The van der Waals surface area contributed by atoms with E-state index in [1.807, 2.05) is 0 Å². The lowest BCUT2D eigenvalue weighted by molar-refractivity contribution is 0.130. The molecule has 112 valence electrons. The first-order valence-corrected chi connectivity index (χ1v) is 7.99. The molecule has 0 radical (unpaired) electrons. The Hall–Kier alpha value is -0.0800. The third-order valence-electron chi connectivity index (χ3n) is 3.24. The van der Waals surface area contributed by atoms with Crippen molar-refractivity contribution in [3.05, 3.63) is 0 Å². The fourth-order valence-corrected chi connectivity index (χ4v) is 2.11. The standard InChI is InChI=1S/C16H34O.H3N/c1-3-5-6-7-8-9-10-11-12-13-14-16-17-15-4-2;/h3-16H2,1-2H3;1H3. The van der Waals surface area contributed by atoms with E-state index in [1.165, 1.54) is 70.6 Å². The second-order valence-electron chi connectivity index (χ2n) is 5.15. The Morgan fingerprint density at radius 1 is 0.500 bits per heavy atom. The van der Waals surface area contributed by atoms with Gasteiger partial charge in [-0.05, 0) is 12.8 Å². The zero-order valence-corrected chi connectivity index (χ0v) is 13.0. The van der Waals surface area contributed by atoms with Crippen molar-refractivity contribution in [2.45, 2.75) is 90.9 Å². The molecule has 0 heterocycles. The fourth-order valence-electron chi connectivity index (χ4n) is 2.11. The van der Waals surface area contributed by atoms with Gasteiger partial charge in [-0.15, -0.1) is 0 Å². The van der Waals surface area contributed by atoms with E-state index in [9.17, 15) is 0 Å². The zero-order valence-electron chi connectivity index (χ0n) is 13.0. The van der Waals surface area contributed by atoms with E-state index in [0.29, 0.717) is 0 Å². The van der Waals surface area contributed by atoms with Crippen molar-refractivity contribution in [1.29, 1.82) is 0 Å². The van der Waals surface area contributed by atoms with Crippen LogP contribution in [0, 0.1) is 0 Å². The fraction of sp³-hybridized carbons (Fsp3) is 1.00. The quantitative estimate of drug-likeness (QED) is 0.395. The summed E-state index contributed by atoms with van der Waals surface area (Å²) in [6, 6.07) is 0. The minimum absolute atomic E-state index is 0. The van der Waals surface area contributed by atoms with Crippen molar-refractivity contribution in [1.82, 2.24) is 6.15 Å². The molecule has 3 N–H and O–H groups in total. The Morgan fingerprint density at radius 3 is 1.39 bits per heavy atom. The van der Waals surface area contributed by atoms with Crippen molar-refractivity contribution in [3.63, 3.8) is 0 Å². The van der Waals surface area contributed by atoms with E-state index < -0.39 is 0 Å². The summed E-state index contributed by atoms with van der Waals surface area (Å²) in [6.45, 7) is 6.37. The minimum Gasteiger partial charge on any atom is -0.381 e. The third-order valence-corrected chi connectivity index (χ3v) is 3.24. The maximum atomic E-state index is 5.47. The Morgan fingerprint density at radius 2 is 0.944 bits per heavy atom. The molecule has 0 amide bonds. The summed E-state index contributed by atoms with van der Waals surface area (Å²) in [4.78, 5) is 0. The van der Waals surface area contributed by atoms with Gasteiger partial charge in [0, 0.05) is 13.2 Å². The van der Waals surface area contributed by atoms with E-state index in [0.717, 1.165) is 19.6 Å². The van der Waals surface area contributed by atoms with Crippen LogP contribution in [0.1, 0.15) is 90.9 Å². The molecule has 0 aliphatic heterocycles. The van der Waals surface area contributed by atoms with Gasteiger partial charge >= 0.3 is 0 Å². The van der Waals surface area contributed by atoms with Crippen LogP contribution in [0.4, 0.5) is 0 Å². The summed E-state index contributed by atoms with van der Waals surface area (Å²) in [6.07, 6.45) is 16.7. The smallest absolute Gasteiger partial charge is 0.0466 e. The monoisotopic (exact) mass is 259 g/mol. The molecule has 0 aromatic carbocycles. The van der Waals surface area contributed by atoms with Gasteiger partial charge in [-0.3, -0.25) is 0 Å². The predicted octanol–water partition coefficient (Wildman–Crippen LogP) is 5.89. The minimum atomic E-state index is 0. The van der Waals surface area contributed by atoms with E-state index in [1.54, 1.807) is 0 Å². The van der Waals surface area contributed by atoms with Crippen molar-refractivity contribution < 1.29 is 4.74 Å². The highest BCUT2D eigenvalue weighted by Gasteiger charge is 1.93. The zero-order chi connectivity index (χ0) is 12.6. The van der Waals surface area contributed by atoms with Gasteiger partial charge in [0.25, 0.3) is 0 Å². The molecular formula is C16H37NO. The third kappa shape index (κ3) is 18.3. The molecule has 0 aliphatic carbocycles. The molecule has 0 aliphatic rings. The number of ether oxygens (including phenoxy) is 1. The van der Waals surface area contributed by atoms with Crippen LogP contribution in [-0.2, 0) is 4.74 Å².